The number of carbonyl (C=O) groups excluding carboxylic acids is 2. The Morgan fingerprint density at radius 1 is 1.06 bits per heavy atom. The third kappa shape index (κ3) is 2.53. The predicted octanol–water partition coefficient (Wildman–Crippen LogP) is 2.44. The molecule has 2 amide bonds. The second-order valence-electron chi connectivity index (χ2n) is 9.05. The maximum Gasteiger partial charge on any atom is 0.291 e. The van der Waals surface area contributed by atoms with Crippen LogP contribution in [0.2, 0.25) is 0 Å². The Labute approximate surface area is 195 Å². The van der Waals surface area contributed by atoms with E-state index in [1.165, 1.54) is 4.90 Å². The molecule has 1 fully saturated rings. The molecule has 34 heavy (non-hydrogen) atoms. The van der Waals surface area contributed by atoms with Gasteiger partial charge in [0, 0.05) is 18.2 Å². The van der Waals surface area contributed by atoms with Gasteiger partial charge in [0.15, 0.2) is 20.8 Å². The van der Waals surface area contributed by atoms with E-state index in [9.17, 15) is 22.8 Å². The van der Waals surface area contributed by atoms with E-state index in [4.69, 9.17) is 4.42 Å². The van der Waals surface area contributed by atoms with Crippen molar-refractivity contribution in [1.82, 2.24) is 4.90 Å². The second-order valence-corrected chi connectivity index (χ2v) is 11.3. The average Bonchev–Trinajstić information content (AvgIpc) is 3.39. The summed E-state index contributed by atoms with van der Waals surface area (Å²) >= 11 is 0. The molecule has 8 nitrogen and oxygen atoms in total. The Kier molecular flexibility index (Phi) is 4.36. The zero-order valence-corrected chi connectivity index (χ0v) is 19.3. The van der Waals surface area contributed by atoms with E-state index in [0.717, 1.165) is 0 Å². The summed E-state index contributed by atoms with van der Waals surface area (Å²) in [5.74, 6) is -1.57. The number of benzene rings is 2. The fourth-order valence-electron chi connectivity index (χ4n) is 5.78. The number of nitrogens with zero attached hydrogens (tertiary/aromatic N) is 2. The normalized spacial score (nSPS) is 24.9. The van der Waals surface area contributed by atoms with Gasteiger partial charge >= 0.3 is 0 Å². The lowest BCUT2D eigenvalue weighted by Crippen LogP contribution is -2.57. The molecule has 9 heteroatoms. The molecule has 3 aromatic rings. The second kappa shape index (κ2) is 7.02. The summed E-state index contributed by atoms with van der Waals surface area (Å²) in [5.41, 5.74) is -0.847. The number of rotatable bonds is 3. The zero-order valence-electron chi connectivity index (χ0n) is 18.5. The maximum absolute atomic E-state index is 14.3. The Morgan fingerprint density at radius 2 is 1.79 bits per heavy atom. The molecular weight excluding hydrogens is 456 g/mol. The average molecular weight is 479 g/mol. The number of hydrogen-bond donors (Lipinski definition) is 0. The molecule has 1 spiro atoms. The van der Waals surface area contributed by atoms with Gasteiger partial charge in [0.2, 0.25) is 5.76 Å². The lowest BCUT2D eigenvalue weighted by atomic mass is 9.83. The molecule has 1 saturated heterocycles. The van der Waals surface area contributed by atoms with Crippen molar-refractivity contribution in [3.05, 3.63) is 75.6 Å². The van der Waals surface area contributed by atoms with E-state index >= 15 is 0 Å². The molecule has 0 bridgehead atoms. The number of para-hydroxylation sites is 2. The van der Waals surface area contributed by atoms with Gasteiger partial charge in [0.05, 0.1) is 28.1 Å². The van der Waals surface area contributed by atoms with E-state index in [2.05, 4.69) is 0 Å². The van der Waals surface area contributed by atoms with E-state index in [0.29, 0.717) is 24.2 Å². The van der Waals surface area contributed by atoms with Crippen LogP contribution < -0.4 is 10.3 Å². The van der Waals surface area contributed by atoms with Gasteiger partial charge in [-0.1, -0.05) is 37.3 Å². The quantitative estimate of drug-likeness (QED) is 0.573. The van der Waals surface area contributed by atoms with Gasteiger partial charge in [-0.2, -0.15) is 0 Å². The number of anilines is 1. The van der Waals surface area contributed by atoms with Crippen LogP contribution in [0.1, 0.15) is 41.4 Å². The Morgan fingerprint density at radius 3 is 2.53 bits per heavy atom. The molecule has 0 saturated carbocycles. The Hall–Kier alpha value is -3.46. The first-order valence-corrected chi connectivity index (χ1v) is 13.1. The monoisotopic (exact) mass is 478 g/mol. The predicted molar refractivity (Wildman–Crippen MR) is 126 cm³/mol. The first-order valence-electron chi connectivity index (χ1n) is 11.3. The van der Waals surface area contributed by atoms with Crippen molar-refractivity contribution in [2.24, 2.45) is 0 Å². The van der Waals surface area contributed by atoms with Crippen LogP contribution in [0, 0.1) is 0 Å². The van der Waals surface area contributed by atoms with E-state index in [-0.39, 0.29) is 40.2 Å². The van der Waals surface area contributed by atoms with Crippen LogP contribution in [-0.2, 0) is 20.2 Å². The Balaban J connectivity index is 1.73. The summed E-state index contributed by atoms with van der Waals surface area (Å²) in [6, 6.07) is 13.0. The van der Waals surface area contributed by atoms with Crippen LogP contribution >= 0.6 is 0 Å². The molecule has 3 aliphatic rings. The smallest absolute Gasteiger partial charge is 0.291 e. The topological polar surface area (TPSA) is 105 Å². The van der Waals surface area contributed by atoms with Crippen LogP contribution in [-0.4, -0.2) is 49.2 Å². The van der Waals surface area contributed by atoms with Gasteiger partial charge in [0.1, 0.15) is 5.58 Å². The van der Waals surface area contributed by atoms with Crippen molar-refractivity contribution in [1.29, 1.82) is 0 Å². The van der Waals surface area contributed by atoms with Crippen molar-refractivity contribution in [3.63, 3.8) is 0 Å². The van der Waals surface area contributed by atoms with Gasteiger partial charge in [-0.15, -0.1) is 0 Å². The van der Waals surface area contributed by atoms with Crippen LogP contribution in [0.25, 0.3) is 11.0 Å². The SMILES string of the molecule is CCCN1C(=O)[C@@]2(c3ccccc31)c1c(oc3ccccc3c1=O)C(=O)N2[C@@H]1CCS(=O)(=O)C1. The molecule has 174 valence electrons. The fraction of sp³-hybridized carbons (Fsp3) is 0.320. The van der Waals surface area contributed by atoms with Crippen molar-refractivity contribution < 1.29 is 22.4 Å². The largest absolute Gasteiger partial charge is 0.450 e. The van der Waals surface area contributed by atoms with Gasteiger partial charge in [-0.25, -0.2) is 8.42 Å². The molecule has 0 unspecified atom stereocenters. The van der Waals surface area contributed by atoms with Crippen molar-refractivity contribution >= 4 is 38.3 Å². The maximum atomic E-state index is 14.3. The minimum absolute atomic E-state index is 0.0171. The number of sulfone groups is 1. The highest BCUT2D eigenvalue weighted by Crippen LogP contribution is 2.54. The summed E-state index contributed by atoms with van der Waals surface area (Å²) in [4.78, 5) is 45.0. The summed E-state index contributed by atoms with van der Waals surface area (Å²) < 4.78 is 30.8. The number of carbonyl (C=O) groups is 2. The van der Waals surface area contributed by atoms with Crippen molar-refractivity contribution in [2.45, 2.75) is 31.3 Å². The zero-order chi connectivity index (χ0) is 23.8. The van der Waals surface area contributed by atoms with Gasteiger partial charge in [-0.3, -0.25) is 14.4 Å². The lowest BCUT2D eigenvalue weighted by molar-refractivity contribution is -0.126. The van der Waals surface area contributed by atoms with E-state index < -0.39 is 38.7 Å². The van der Waals surface area contributed by atoms with Crippen molar-refractivity contribution in [3.8, 4) is 0 Å². The summed E-state index contributed by atoms with van der Waals surface area (Å²) in [6.07, 6.45) is 0.863. The minimum Gasteiger partial charge on any atom is -0.450 e. The summed E-state index contributed by atoms with van der Waals surface area (Å²) in [5, 5.41) is 0.272. The third-order valence-corrected chi connectivity index (χ3v) is 8.84. The van der Waals surface area contributed by atoms with E-state index in [1.807, 2.05) is 6.92 Å². The molecule has 4 heterocycles. The number of hydrogen-bond acceptors (Lipinski definition) is 6. The lowest BCUT2D eigenvalue weighted by Gasteiger charge is -2.37. The number of amides is 2. The van der Waals surface area contributed by atoms with Crippen LogP contribution in [0.5, 0.6) is 0 Å². The third-order valence-electron chi connectivity index (χ3n) is 7.09. The molecule has 0 N–H and O–H groups in total. The number of fused-ring (bicyclic) bond motifs is 5. The molecule has 1 aromatic heterocycles. The highest BCUT2D eigenvalue weighted by atomic mass is 32.2. The highest BCUT2D eigenvalue weighted by Gasteiger charge is 2.66. The first-order chi connectivity index (χ1) is 16.3. The van der Waals surface area contributed by atoms with Gasteiger partial charge < -0.3 is 14.2 Å². The molecule has 6 rings (SSSR count). The van der Waals surface area contributed by atoms with E-state index in [1.54, 1.807) is 53.4 Å². The van der Waals surface area contributed by atoms with Crippen LogP contribution in [0.15, 0.2) is 57.7 Å². The molecule has 2 atom stereocenters. The van der Waals surface area contributed by atoms with Gasteiger partial charge in [-0.05, 0) is 31.0 Å². The standard InChI is InChI=1S/C25H22N2O6S/c1-2-12-26-18-9-5-4-8-17(18)25(24(26)30)20-21(28)16-7-3-6-10-19(16)33-22(20)23(29)27(25)15-11-13-34(31,32)14-15/h3-10,15H,2,11-14H2,1H3/t15-,25-/m1/s1. The molecule has 3 aliphatic heterocycles. The highest BCUT2D eigenvalue weighted by molar-refractivity contribution is 7.91. The molecule has 0 radical (unpaired) electrons. The summed E-state index contributed by atoms with van der Waals surface area (Å²) in [6.45, 7) is 2.34. The summed E-state index contributed by atoms with van der Waals surface area (Å²) in [7, 11) is -3.38. The van der Waals surface area contributed by atoms with Crippen molar-refractivity contribution in [2.75, 3.05) is 23.0 Å². The van der Waals surface area contributed by atoms with Gasteiger partial charge in [0.25, 0.3) is 11.8 Å². The minimum atomic E-state index is -3.38. The molecule has 0 aliphatic carbocycles. The first kappa shape index (κ1) is 21.1. The molecular formula is C25H22N2O6S. The van der Waals surface area contributed by atoms with Crippen LogP contribution in [0.3, 0.4) is 0 Å². The Bertz CT molecular complexity index is 1560. The molecule has 2 aromatic carbocycles. The fourth-order valence-corrected chi connectivity index (χ4v) is 7.48. The van der Waals surface area contributed by atoms with Crippen LogP contribution in [0.4, 0.5) is 5.69 Å².